The second-order valence-corrected chi connectivity index (χ2v) is 8.91. The predicted octanol–water partition coefficient (Wildman–Crippen LogP) is 7.52. The van der Waals surface area contributed by atoms with Crippen LogP contribution in [0.25, 0.3) is 11.3 Å². The Kier molecular flexibility index (Phi) is 14.2. The van der Waals surface area contributed by atoms with E-state index < -0.39 is 0 Å². The van der Waals surface area contributed by atoms with Crippen molar-refractivity contribution in [2.75, 3.05) is 18.5 Å². The maximum absolute atomic E-state index is 7.78. The van der Waals surface area contributed by atoms with Crippen molar-refractivity contribution < 1.29 is 4.74 Å². The Bertz CT molecular complexity index is 966. The molecule has 6 heteroatoms. The number of hydrogen-bond acceptors (Lipinski definition) is 6. The minimum absolute atomic E-state index is 0.276. The smallest absolute Gasteiger partial charge is 0.222 e. The summed E-state index contributed by atoms with van der Waals surface area (Å²) in [6.45, 7) is 18.0. The Morgan fingerprint density at radius 1 is 1.23 bits per heavy atom. The summed E-state index contributed by atoms with van der Waals surface area (Å²) in [5.74, 6) is 1.44. The first kappa shape index (κ1) is 30.0. The second kappa shape index (κ2) is 16.6. The lowest BCUT2D eigenvalue weighted by Gasteiger charge is -2.15. The molecule has 0 aliphatic carbocycles. The van der Waals surface area contributed by atoms with Crippen molar-refractivity contribution in [3.8, 4) is 17.1 Å². The van der Waals surface area contributed by atoms with Crippen LogP contribution in [0.4, 0.5) is 5.69 Å². The Hall–Kier alpha value is -3.02. The summed E-state index contributed by atoms with van der Waals surface area (Å²) in [6.07, 6.45) is 10.7. The molecule has 0 radical (unpaired) electrons. The molecule has 0 fully saturated rings. The van der Waals surface area contributed by atoms with Crippen LogP contribution in [0.15, 0.2) is 41.5 Å². The SMILES string of the molecule is C/C=C\C(CNc1cc(-c2cccnc2OCC)nc(C=N)c1C)=NC(C)CC.CCCC(C)C. The molecule has 1 atom stereocenters. The average Bonchev–Trinajstić information content (AvgIpc) is 2.84. The van der Waals surface area contributed by atoms with Crippen molar-refractivity contribution in [1.82, 2.24) is 9.97 Å². The van der Waals surface area contributed by atoms with Gasteiger partial charge in [-0.25, -0.2) is 9.97 Å². The molecule has 0 saturated heterocycles. The van der Waals surface area contributed by atoms with Crippen LogP contribution < -0.4 is 10.1 Å². The lowest BCUT2D eigenvalue weighted by Crippen LogP contribution is -2.16. The summed E-state index contributed by atoms with van der Waals surface area (Å²) >= 11 is 0. The van der Waals surface area contributed by atoms with Gasteiger partial charge in [-0.15, -0.1) is 0 Å². The molecule has 2 N–H and O–H groups in total. The molecule has 1 unspecified atom stereocenters. The molecule has 35 heavy (non-hydrogen) atoms. The van der Waals surface area contributed by atoms with E-state index in [0.29, 0.717) is 24.7 Å². The van der Waals surface area contributed by atoms with Crippen LogP contribution in [-0.2, 0) is 0 Å². The Morgan fingerprint density at radius 3 is 2.51 bits per heavy atom. The van der Waals surface area contributed by atoms with Gasteiger partial charge in [0.05, 0.1) is 35.8 Å². The van der Waals surface area contributed by atoms with Crippen LogP contribution in [0, 0.1) is 18.3 Å². The largest absolute Gasteiger partial charge is 0.477 e. The van der Waals surface area contributed by atoms with Crippen molar-refractivity contribution >= 4 is 17.6 Å². The number of nitrogens with zero attached hydrogens (tertiary/aromatic N) is 3. The van der Waals surface area contributed by atoms with Crippen LogP contribution in [0.3, 0.4) is 0 Å². The molecule has 6 nitrogen and oxygen atoms in total. The normalized spacial score (nSPS) is 12.3. The number of anilines is 1. The average molecular weight is 480 g/mol. The summed E-state index contributed by atoms with van der Waals surface area (Å²) in [7, 11) is 0. The van der Waals surface area contributed by atoms with Gasteiger partial charge in [0.1, 0.15) is 0 Å². The van der Waals surface area contributed by atoms with E-state index >= 15 is 0 Å². The number of pyridine rings is 2. The van der Waals surface area contributed by atoms with Crippen molar-refractivity contribution in [3.05, 3.63) is 47.8 Å². The minimum Gasteiger partial charge on any atom is -0.477 e. The fourth-order valence-electron chi connectivity index (χ4n) is 3.41. The van der Waals surface area contributed by atoms with Gasteiger partial charge in [0.2, 0.25) is 5.88 Å². The molecular formula is C29H45N5O. The molecule has 2 heterocycles. The third-order valence-electron chi connectivity index (χ3n) is 5.44. The van der Waals surface area contributed by atoms with E-state index in [4.69, 9.17) is 15.1 Å². The van der Waals surface area contributed by atoms with Crippen molar-refractivity contribution in [2.24, 2.45) is 10.9 Å². The predicted molar refractivity (Wildman–Crippen MR) is 151 cm³/mol. The van der Waals surface area contributed by atoms with E-state index in [1.54, 1.807) is 6.20 Å². The summed E-state index contributed by atoms with van der Waals surface area (Å²) in [5.41, 5.74) is 4.98. The Balaban J connectivity index is 0.000000905. The summed E-state index contributed by atoms with van der Waals surface area (Å²) < 4.78 is 5.66. The Labute approximate surface area is 212 Å². The van der Waals surface area contributed by atoms with Gasteiger partial charge in [0, 0.05) is 24.1 Å². The summed E-state index contributed by atoms with van der Waals surface area (Å²) in [4.78, 5) is 13.7. The van der Waals surface area contributed by atoms with Crippen molar-refractivity contribution in [3.63, 3.8) is 0 Å². The molecule has 0 aliphatic rings. The van der Waals surface area contributed by atoms with Crippen LogP contribution in [0.2, 0.25) is 0 Å². The highest BCUT2D eigenvalue weighted by atomic mass is 16.5. The fraction of sp³-hybridized carbons (Fsp3) is 0.517. The minimum atomic E-state index is 0.276. The molecule has 0 amide bonds. The van der Waals surface area contributed by atoms with Crippen molar-refractivity contribution in [1.29, 1.82) is 5.41 Å². The lowest BCUT2D eigenvalue weighted by atomic mass is 10.1. The van der Waals surface area contributed by atoms with Gasteiger partial charge in [0.15, 0.2) is 0 Å². The van der Waals surface area contributed by atoms with E-state index in [1.807, 2.05) is 51.1 Å². The monoisotopic (exact) mass is 479 g/mol. The molecule has 2 aromatic rings. The van der Waals surface area contributed by atoms with Gasteiger partial charge >= 0.3 is 0 Å². The first-order chi connectivity index (χ1) is 16.8. The number of aromatic nitrogens is 2. The molecule has 0 spiro atoms. The second-order valence-electron chi connectivity index (χ2n) is 8.91. The number of ether oxygens (including phenoxy) is 1. The zero-order valence-corrected chi connectivity index (χ0v) is 23.0. The van der Waals surface area contributed by atoms with Crippen molar-refractivity contribution in [2.45, 2.75) is 80.7 Å². The summed E-state index contributed by atoms with van der Waals surface area (Å²) in [6, 6.07) is 6.05. The van der Waals surface area contributed by atoms with E-state index in [1.165, 1.54) is 19.1 Å². The number of hydrogen-bond donors (Lipinski definition) is 2. The van der Waals surface area contributed by atoms with Gasteiger partial charge in [-0.1, -0.05) is 46.6 Å². The van der Waals surface area contributed by atoms with E-state index in [9.17, 15) is 0 Å². The first-order valence-electron chi connectivity index (χ1n) is 12.8. The molecule has 0 aliphatic heterocycles. The van der Waals surface area contributed by atoms with Crippen LogP contribution in [0.5, 0.6) is 5.88 Å². The van der Waals surface area contributed by atoms with E-state index in [0.717, 1.165) is 40.6 Å². The molecule has 192 valence electrons. The fourth-order valence-corrected chi connectivity index (χ4v) is 3.41. The maximum Gasteiger partial charge on any atom is 0.222 e. The molecule has 0 saturated carbocycles. The maximum atomic E-state index is 7.78. The standard InChI is InChI=1S/C23H31N5O.C6H14/c1-6-10-18(27-16(4)7-2)15-26-20-13-21(28-22(14-24)17(20)5)19-11-9-12-25-23(19)29-8-3;1-4-5-6(2)3/h6,9-14,16,24H,7-8,15H2,1-5H3,(H,26,28);6H,4-5H2,1-3H3/b10-6-,24-14?,27-18?;. The van der Waals surface area contributed by atoms with Crippen LogP contribution >= 0.6 is 0 Å². The highest BCUT2D eigenvalue weighted by molar-refractivity contribution is 5.98. The van der Waals surface area contributed by atoms with Gasteiger partial charge in [-0.2, -0.15) is 0 Å². The third kappa shape index (κ3) is 10.4. The highest BCUT2D eigenvalue weighted by Crippen LogP contribution is 2.30. The number of nitrogens with one attached hydrogen (secondary N) is 2. The molecule has 0 bridgehead atoms. The zero-order valence-electron chi connectivity index (χ0n) is 23.0. The Morgan fingerprint density at radius 2 is 1.97 bits per heavy atom. The van der Waals surface area contributed by atoms with E-state index in [-0.39, 0.29) is 6.04 Å². The summed E-state index contributed by atoms with van der Waals surface area (Å²) in [5, 5.41) is 11.3. The van der Waals surface area contributed by atoms with Gasteiger partial charge < -0.3 is 15.5 Å². The van der Waals surface area contributed by atoms with Gasteiger partial charge in [0.25, 0.3) is 0 Å². The topological polar surface area (TPSA) is 83.3 Å². The first-order valence-corrected chi connectivity index (χ1v) is 12.8. The molecular weight excluding hydrogens is 434 g/mol. The van der Waals surface area contributed by atoms with E-state index in [2.05, 4.69) is 49.9 Å². The highest BCUT2D eigenvalue weighted by Gasteiger charge is 2.14. The van der Waals surface area contributed by atoms with Crippen LogP contribution in [-0.4, -0.2) is 41.1 Å². The van der Waals surface area contributed by atoms with Crippen LogP contribution in [0.1, 0.15) is 79.0 Å². The third-order valence-corrected chi connectivity index (χ3v) is 5.44. The number of allylic oxidation sites excluding steroid dienone is 1. The molecule has 2 aromatic heterocycles. The van der Waals surface area contributed by atoms with Gasteiger partial charge in [-0.3, -0.25) is 4.99 Å². The lowest BCUT2D eigenvalue weighted by molar-refractivity contribution is 0.328. The number of aliphatic imine (C=N–C) groups is 1. The zero-order chi connectivity index (χ0) is 26.2. The molecule has 0 aromatic carbocycles. The molecule has 2 rings (SSSR count). The number of rotatable bonds is 12. The van der Waals surface area contributed by atoms with Gasteiger partial charge in [-0.05, 0) is 69.9 Å². The quantitative estimate of drug-likeness (QED) is 0.308.